The Balaban J connectivity index is 1.39. The molecule has 0 aromatic heterocycles. The number of likely N-dealkylation sites (tertiary alicyclic amines) is 1. The van der Waals surface area contributed by atoms with Gasteiger partial charge in [-0.1, -0.05) is 19.1 Å². The van der Waals surface area contributed by atoms with Crippen molar-refractivity contribution in [3.8, 4) is 5.75 Å². The lowest BCUT2D eigenvalue weighted by Gasteiger charge is -2.39. The lowest BCUT2D eigenvalue weighted by molar-refractivity contribution is -0.274. The number of carbonyl (C=O) groups is 1. The van der Waals surface area contributed by atoms with E-state index in [1.165, 1.54) is 0 Å². The van der Waals surface area contributed by atoms with E-state index in [1.807, 2.05) is 24.0 Å². The average Bonchev–Trinajstić information content (AvgIpc) is 3.04. The summed E-state index contributed by atoms with van der Waals surface area (Å²) in [5.41, 5.74) is 1.46. The molecule has 2 fully saturated rings. The number of alkyl halides is 3. The molecular formula is C22H23F3N2O4S. The third-order valence-electron chi connectivity index (χ3n) is 6.18. The minimum atomic E-state index is -4.84. The summed E-state index contributed by atoms with van der Waals surface area (Å²) in [5, 5.41) is 0. The molecule has 1 heterocycles. The predicted octanol–water partition coefficient (Wildman–Crippen LogP) is 4.36. The van der Waals surface area contributed by atoms with Gasteiger partial charge in [0.25, 0.3) is 10.0 Å². The zero-order chi connectivity index (χ0) is 23.1. The first-order valence-electron chi connectivity index (χ1n) is 10.3. The molecule has 2 aliphatic rings. The number of anilines is 1. The molecular weight excluding hydrogens is 445 g/mol. The van der Waals surface area contributed by atoms with Crippen LogP contribution in [-0.2, 0) is 14.8 Å². The van der Waals surface area contributed by atoms with E-state index in [-0.39, 0.29) is 10.8 Å². The standard InChI is InChI=1S/C22H23F3N2O4S/c1-2-21(28)27-12-15-11-19(20(15)13-27)14-3-5-16(6-4-14)26-32(29,30)18-9-7-17(8-10-18)31-22(23,24)25/h3-10,15,19-20,26H,2,11-13H2,1H3. The van der Waals surface area contributed by atoms with Crippen molar-refractivity contribution < 1.29 is 31.1 Å². The van der Waals surface area contributed by atoms with Crippen molar-refractivity contribution >= 4 is 21.6 Å². The van der Waals surface area contributed by atoms with E-state index in [0.29, 0.717) is 29.9 Å². The van der Waals surface area contributed by atoms with Crippen LogP contribution in [0.25, 0.3) is 0 Å². The third kappa shape index (κ3) is 4.69. The van der Waals surface area contributed by atoms with Crippen molar-refractivity contribution in [1.29, 1.82) is 0 Å². The molecule has 0 radical (unpaired) electrons. The van der Waals surface area contributed by atoms with Gasteiger partial charge in [0.15, 0.2) is 0 Å². The Morgan fingerprint density at radius 3 is 2.34 bits per heavy atom. The van der Waals surface area contributed by atoms with E-state index in [9.17, 15) is 26.4 Å². The molecule has 1 saturated carbocycles. The Labute approximate surface area is 184 Å². The fourth-order valence-corrected chi connectivity index (χ4v) is 5.61. The van der Waals surface area contributed by atoms with Crippen LogP contribution in [0.15, 0.2) is 53.4 Å². The van der Waals surface area contributed by atoms with Crippen molar-refractivity contribution in [1.82, 2.24) is 4.90 Å². The number of fused-ring (bicyclic) bond motifs is 1. The predicted molar refractivity (Wildman–Crippen MR) is 112 cm³/mol. The van der Waals surface area contributed by atoms with Crippen molar-refractivity contribution in [2.45, 2.75) is 36.9 Å². The summed E-state index contributed by atoms with van der Waals surface area (Å²) in [6, 6.07) is 11.1. The number of carbonyl (C=O) groups excluding carboxylic acids is 1. The summed E-state index contributed by atoms with van der Waals surface area (Å²) in [5.74, 6) is 0.997. The second-order valence-corrected chi connectivity index (χ2v) is 9.85. The Morgan fingerprint density at radius 2 is 1.75 bits per heavy atom. The van der Waals surface area contributed by atoms with Gasteiger partial charge in [-0.3, -0.25) is 9.52 Å². The van der Waals surface area contributed by atoms with Crippen LogP contribution in [0.2, 0.25) is 0 Å². The maximum Gasteiger partial charge on any atom is 0.573 e. The molecule has 1 aliphatic heterocycles. The van der Waals surface area contributed by atoms with Crippen molar-refractivity contribution in [2.75, 3.05) is 17.8 Å². The maximum absolute atomic E-state index is 12.6. The van der Waals surface area contributed by atoms with E-state index in [2.05, 4.69) is 9.46 Å². The van der Waals surface area contributed by atoms with Gasteiger partial charge in [0.2, 0.25) is 5.91 Å². The number of ether oxygens (including phenoxy) is 1. The molecule has 0 bridgehead atoms. The SMILES string of the molecule is CCC(=O)N1CC2CC(c3ccc(NS(=O)(=O)c4ccc(OC(F)(F)F)cc4)cc3)C2C1. The van der Waals surface area contributed by atoms with Crippen molar-refractivity contribution in [2.24, 2.45) is 11.8 Å². The fourth-order valence-electron chi connectivity index (χ4n) is 4.55. The molecule has 2 aromatic carbocycles. The maximum atomic E-state index is 12.6. The number of halogens is 3. The first-order valence-corrected chi connectivity index (χ1v) is 11.8. The molecule has 10 heteroatoms. The van der Waals surface area contributed by atoms with Crippen LogP contribution < -0.4 is 9.46 Å². The first-order chi connectivity index (χ1) is 15.1. The molecule has 4 rings (SSSR count). The highest BCUT2D eigenvalue weighted by molar-refractivity contribution is 7.92. The summed E-state index contributed by atoms with van der Waals surface area (Å²) in [7, 11) is -3.96. The van der Waals surface area contributed by atoms with Crippen LogP contribution >= 0.6 is 0 Å². The smallest absolute Gasteiger partial charge is 0.406 e. The van der Waals surface area contributed by atoms with Gasteiger partial charge in [-0.15, -0.1) is 13.2 Å². The summed E-state index contributed by atoms with van der Waals surface area (Å²) >= 11 is 0. The van der Waals surface area contributed by atoms with Gasteiger partial charge in [0.1, 0.15) is 5.75 Å². The minimum Gasteiger partial charge on any atom is -0.406 e. The van der Waals surface area contributed by atoms with Gasteiger partial charge in [-0.25, -0.2) is 8.42 Å². The van der Waals surface area contributed by atoms with Crippen LogP contribution in [0.5, 0.6) is 5.75 Å². The lowest BCUT2D eigenvalue weighted by Crippen LogP contribution is -2.33. The molecule has 32 heavy (non-hydrogen) atoms. The van der Waals surface area contributed by atoms with Crippen LogP contribution in [-0.4, -0.2) is 38.7 Å². The second kappa shape index (κ2) is 8.31. The Bertz CT molecular complexity index is 1090. The number of benzene rings is 2. The first kappa shape index (κ1) is 22.4. The minimum absolute atomic E-state index is 0.176. The number of sulfonamides is 1. The van der Waals surface area contributed by atoms with Crippen LogP contribution in [0, 0.1) is 11.8 Å². The summed E-state index contributed by atoms with van der Waals surface area (Å²) < 4.78 is 68.1. The van der Waals surface area contributed by atoms with Gasteiger partial charge in [-0.2, -0.15) is 0 Å². The Hall–Kier alpha value is -2.75. The van der Waals surface area contributed by atoms with Gasteiger partial charge < -0.3 is 9.64 Å². The summed E-state index contributed by atoms with van der Waals surface area (Å²) in [4.78, 5) is 13.7. The van der Waals surface area contributed by atoms with Crippen molar-refractivity contribution in [3.63, 3.8) is 0 Å². The zero-order valence-corrected chi connectivity index (χ0v) is 18.1. The number of nitrogens with zero attached hydrogens (tertiary/aromatic N) is 1. The fraction of sp³-hybridized carbons (Fsp3) is 0.409. The molecule has 1 saturated heterocycles. The summed E-state index contributed by atoms with van der Waals surface area (Å²) in [6.45, 7) is 3.45. The molecule has 3 unspecified atom stereocenters. The number of amides is 1. The highest BCUT2D eigenvalue weighted by atomic mass is 32.2. The van der Waals surface area contributed by atoms with Crippen LogP contribution in [0.3, 0.4) is 0 Å². The molecule has 1 amide bonds. The monoisotopic (exact) mass is 468 g/mol. The third-order valence-corrected chi connectivity index (χ3v) is 7.58. The lowest BCUT2D eigenvalue weighted by atomic mass is 9.64. The van der Waals surface area contributed by atoms with E-state index in [4.69, 9.17) is 0 Å². The van der Waals surface area contributed by atoms with Gasteiger partial charge in [0, 0.05) is 25.2 Å². The number of hydrogen-bond donors (Lipinski definition) is 1. The van der Waals surface area contributed by atoms with Gasteiger partial charge in [0.05, 0.1) is 4.90 Å². The zero-order valence-electron chi connectivity index (χ0n) is 17.3. The highest BCUT2D eigenvalue weighted by Crippen LogP contribution is 2.51. The van der Waals surface area contributed by atoms with E-state index in [1.54, 1.807) is 12.1 Å². The Morgan fingerprint density at radius 1 is 1.09 bits per heavy atom. The topological polar surface area (TPSA) is 75.7 Å². The van der Waals surface area contributed by atoms with Crippen LogP contribution in [0.1, 0.15) is 31.2 Å². The van der Waals surface area contributed by atoms with E-state index in [0.717, 1.165) is 49.3 Å². The summed E-state index contributed by atoms with van der Waals surface area (Å²) in [6.07, 6.45) is -3.32. The highest BCUT2D eigenvalue weighted by Gasteiger charge is 2.48. The molecule has 0 spiro atoms. The molecule has 3 atom stereocenters. The number of hydrogen-bond acceptors (Lipinski definition) is 4. The van der Waals surface area contributed by atoms with Crippen molar-refractivity contribution in [3.05, 3.63) is 54.1 Å². The molecule has 1 aliphatic carbocycles. The normalized spacial score (nSPS) is 22.8. The van der Waals surface area contributed by atoms with Gasteiger partial charge in [-0.05, 0) is 66.1 Å². The molecule has 1 N–H and O–H groups in total. The van der Waals surface area contributed by atoms with Gasteiger partial charge >= 0.3 is 6.36 Å². The van der Waals surface area contributed by atoms with E-state index < -0.39 is 22.1 Å². The van der Waals surface area contributed by atoms with Crippen LogP contribution in [0.4, 0.5) is 18.9 Å². The number of rotatable bonds is 6. The number of nitrogens with one attached hydrogen (secondary N) is 1. The quantitative estimate of drug-likeness (QED) is 0.684. The Kier molecular flexibility index (Phi) is 5.83. The second-order valence-electron chi connectivity index (χ2n) is 8.17. The largest absolute Gasteiger partial charge is 0.573 e. The molecule has 2 aromatic rings. The molecule has 172 valence electrons. The molecule has 6 nitrogen and oxygen atoms in total. The van der Waals surface area contributed by atoms with E-state index >= 15 is 0 Å². The average molecular weight is 468 g/mol.